The Hall–Kier alpha value is -5.52. The summed E-state index contributed by atoms with van der Waals surface area (Å²) in [7, 11) is 10.1. The van der Waals surface area contributed by atoms with Crippen molar-refractivity contribution >= 4 is 77.2 Å². The maximum Gasteiger partial charge on any atom is 0.335 e. The van der Waals surface area contributed by atoms with Gasteiger partial charge in [0.05, 0.1) is 0 Å². The van der Waals surface area contributed by atoms with Crippen molar-refractivity contribution in [2.24, 2.45) is 23.7 Å². The third-order valence-electron chi connectivity index (χ3n) is 12.8. The molecule has 1 heterocycles. The molecule has 1 rings (SSSR count). The summed E-state index contributed by atoms with van der Waals surface area (Å²) in [6.45, 7) is 17.6. The summed E-state index contributed by atoms with van der Waals surface area (Å²) in [5.41, 5.74) is 0. The van der Waals surface area contributed by atoms with Gasteiger partial charge >= 0.3 is 24.1 Å². The van der Waals surface area contributed by atoms with Crippen LogP contribution in [0.3, 0.4) is 0 Å². The minimum atomic E-state index is -1.28. The number of nitrogens with zero attached hydrogens (tertiary/aromatic N) is 7. The number of ether oxygens (including phenoxy) is 1. The molecule has 1 fully saturated rings. The second-order valence-corrected chi connectivity index (χ2v) is 21.0. The molecule has 1 aliphatic heterocycles. The van der Waals surface area contributed by atoms with Gasteiger partial charge in [0, 0.05) is 68.8 Å². The Kier molecular flexibility index (Phi) is 26.8. The van der Waals surface area contributed by atoms with Crippen LogP contribution in [0.5, 0.6) is 0 Å². The SMILES string of the molecule is CCC(C)C1C(=O)N[C@H](C(C)C)C(=O)N(C)[C@H](CC(C)C)C(=O)N[C@H](C)C(=O)N[C@@H](C)C(=O)N(C)[C@H](CC(C)C)C(=O)N(C)C(=O)N(C)C(=O)N(C)C(=O)NC(=O)N(C)[C@H](CSCCCCOC)C(=O)N1C. The van der Waals surface area contributed by atoms with Gasteiger partial charge in [-0.3, -0.25) is 43.8 Å². The van der Waals surface area contributed by atoms with Crippen molar-refractivity contribution in [1.82, 2.24) is 55.6 Å². The molecule has 8 atom stereocenters. The first-order chi connectivity index (χ1) is 33.4. The molecule has 24 heteroatoms. The van der Waals surface area contributed by atoms with Crippen molar-refractivity contribution in [2.45, 2.75) is 144 Å². The van der Waals surface area contributed by atoms with Gasteiger partial charge in [0.25, 0.3) is 5.91 Å². The molecule has 0 bridgehead atoms. The fraction of sp³-hybridized carbons (Fsp3) is 0.771. The number of rotatable bonds is 14. The first-order valence-electron chi connectivity index (χ1n) is 24.6. The molecule has 0 aromatic heterocycles. The van der Waals surface area contributed by atoms with Crippen molar-refractivity contribution in [2.75, 3.05) is 74.6 Å². The number of urea groups is 4. The lowest BCUT2D eigenvalue weighted by atomic mass is 9.94. The third-order valence-corrected chi connectivity index (χ3v) is 13.9. The van der Waals surface area contributed by atoms with Crippen LogP contribution in [0.2, 0.25) is 0 Å². The number of carbonyl (C=O) groups is 11. The van der Waals surface area contributed by atoms with Crippen LogP contribution >= 0.6 is 11.8 Å². The number of carbonyl (C=O) groups excluding carboxylic acids is 11. The van der Waals surface area contributed by atoms with Crippen LogP contribution in [-0.4, -0.2) is 217 Å². The van der Waals surface area contributed by atoms with Gasteiger partial charge in [-0.1, -0.05) is 61.8 Å². The van der Waals surface area contributed by atoms with Crippen LogP contribution in [0.4, 0.5) is 19.2 Å². The molecule has 1 aliphatic rings. The van der Waals surface area contributed by atoms with Crippen LogP contribution in [0.15, 0.2) is 0 Å². The van der Waals surface area contributed by atoms with Gasteiger partial charge in [-0.15, -0.1) is 0 Å². The molecule has 0 radical (unpaired) electrons. The number of thioether (sulfide) groups is 1. The monoisotopic (exact) mass is 1040 g/mol. The number of hydrogen-bond donors (Lipinski definition) is 4. The average molecular weight is 1040 g/mol. The lowest BCUT2D eigenvalue weighted by molar-refractivity contribution is -0.147. The normalized spacial score (nSPS) is 25.0. The van der Waals surface area contributed by atoms with Crippen LogP contribution in [0.25, 0.3) is 0 Å². The van der Waals surface area contributed by atoms with E-state index in [1.807, 2.05) is 20.8 Å². The van der Waals surface area contributed by atoms with E-state index in [1.54, 1.807) is 41.7 Å². The highest BCUT2D eigenvalue weighted by atomic mass is 32.2. The van der Waals surface area contributed by atoms with E-state index >= 15 is 0 Å². The Balaban J connectivity index is 4.04. The number of likely N-dealkylation sites (N-methyl/N-ethyl adjacent to an activating group) is 5. The van der Waals surface area contributed by atoms with Gasteiger partial charge in [-0.25, -0.2) is 29.0 Å². The summed E-state index contributed by atoms with van der Waals surface area (Å²) in [5, 5.41) is 10.2. The summed E-state index contributed by atoms with van der Waals surface area (Å²) in [5.74, 6) is -5.79. The van der Waals surface area contributed by atoms with Crippen molar-refractivity contribution in [1.29, 1.82) is 0 Å². The number of unbranched alkanes of at least 4 members (excludes halogenated alkanes) is 1. The zero-order chi connectivity index (χ0) is 55.6. The summed E-state index contributed by atoms with van der Waals surface area (Å²) in [6.07, 6.45) is 2.06. The van der Waals surface area contributed by atoms with Gasteiger partial charge in [0.2, 0.25) is 35.4 Å². The van der Waals surface area contributed by atoms with Gasteiger partial charge in [-0.2, -0.15) is 11.8 Å². The lowest BCUT2D eigenvalue weighted by Gasteiger charge is -2.38. The standard InChI is InChI=1S/C48H85N11O12S/c1-19-30(8)37-40(62)51-36(29(6)7)44(66)53(11)33(24-27(2)3)39(61)49-31(9)38(60)50-32(10)41(63)54(12)34(25-28(4)5)42(64)57(15)47(69)59(17)48(70)58(16)46(68)52-45(67)55(13)35(43(65)56(37)14)26-72-23-21-20-22-71-18/h27-37H,19-26H2,1-18H3,(H,49,61)(H,50,60)(H,51,62)(H,52,67,68)/t30?,31-,32+,33-,34-,35-,36-,37?/m1/s1. The predicted molar refractivity (Wildman–Crippen MR) is 273 cm³/mol. The number of hydrogen-bond acceptors (Lipinski definition) is 13. The van der Waals surface area contributed by atoms with E-state index in [4.69, 9.17) is 4.74 Å². The summed E-state index contributed by atoms with van der Waals surface area (Å²) >= 11 is 1.35. The largest absolute Gasteiger partial charge is 0.385 e. The molecular weight excluding hydrogens is 955 g/mol. The Morgan fingerprint density at radius 2 is 1.07 bits per heavy atom. The molecule has 0 spiro atoms. The number of amides is 15. The highest BCUT2D eigenvalue weighted by Crippen LogP contribution is 2.22. The Morgan fingerprint density at radius 1 is 0.542 bits per heavy atom. The number of nitrogens with one attached hydrogen (secondary N) is 4. The first kappa shape index (κ1) is 64.5. The quantitative estimate of drug-likeness (QED) is 0.183. The molecule has 0 saturated carbocycles. The van der Waals surface area contributed by atoms with Crippen molar-refractivity contribution in [3.8, 4) is 0 Å². The van der Waals surface area contributed by atoms with Crippen LogP contribution in [-0.2, 0) is 38.3 Å². The molecule has 0 aliphatic carbocycles. The summed E-state index contributed by atoms with van der Waals surface area (Å²) < 4.78 is 5.15. The Morgan fingerprint density at radius 3 is 1.60 bits per heavy atom. The van der Waals surface area contributed by atoms with Gasteiger partial charge < -0.3 is 40.3 Å². The van der Waals surface area contributed by atoms with Crippen molar-refractivity contribution in [3.05, 3.63) is 0 Å². The van der Waals surface area contributed by atoms with E-state index < -0.39 is 120 Å². The first-order valence-corrected chi connectivity index (χ1v) is 25.7. The minimum absolute atomic E-state index is 0.0183. The van der Waals surface area contributed by atoms with Crippen LogP contribution in [0, 0.1) is 23.7 Å². The topological polar surface area (TPSA) is 268 Å². The van der Waals surface area contributed by atoms with E-state index in [2.05, 4.69) is 21.3 Å². The molecule has 23 nitrogen and oxygen atoms in total. The molecular formula is C48H85N11O12S. The molecule has 0 aromatic rings. The van der Waals surface area contributed by atoms with Gasteiger partial charge in [0.15, 0.2) is 0 Å². The van der Waals surface area contributed by atoms with Crippen LogP contribution < -0.4 is 21.3 Å². The Bertz CT molecular complexity index is 1940. The molecule has 2 unspecified atom stereocenters. The zero-order valence-electron chi connectivity index (χ0n) is 45.9. The Labute approximate surface area is 430 Å². The van der Waals surface area contributed by atoms with Crippen molar-refractivity contribution in [3.63, 3.8) is 0 Å². The van der Waals surface area contributed by atoms with E-state index in [-0.39, 0.29) is 30.4 Å². The zero-order valence-corrected chi connectivity index (χ0v) is 46.8. The smallest absolute Gasteiger partial charge is 0.335 e. The lowest BCUT2D eigenvalue weighted by Crippen LogP contribution is -2.62. The molecule has 1 saturated heterocycles. The average Bonchev–Trinajstić information content (AvgIpc) is 3.32. The van der Waals surface area contributed by atoms with Gasteiger partial charge in [0.1, 0.15) is 42.3 Å². The second kappa shape index (κ2) is 29.9. The fourth-order valence-electron chi connectivity index (χ4n) is 7.87. The van der Waals surface area contributed by atoms with Gasteiger partial charge in [-0.05, 0) is 69.0 Å². The van der Waals surface area contributed by atoms with Crippen molar-refractivity contribution < 1.29 is 57.5 Å². The number of imide groups is 4. The van der Waals surface area contributed by atoms with E-state index in [9.17, 15) is 52.7 Å². The second-order valence-electron chi connectivity index (χ2n) is 19.9. The summed E-state index contributed by atoms with van der Waals surface area (Å²) in [4.78, 5) is 160. The molecule has 0 aromatic carbocycles. The maximum atomic E-state index is 14.7. The fourth-order valence-corrected chi connectivity index (χ4v) is 9.03. The van der Waals surface area contributed by atoms with E-state index in [0.29, 0.717) is 39.9 Å². The van der Waals surface area contributed by atoms with E-state index in [0.717, 1.165) is 37.4 Å². The molecule has 15 amide bonds. The predicted octanol–water partition coefficient (Wildman–Crippen LogP) is 2.62. The minimum Gasteiger partial charge on any atom is -0.385 e. The highest BCUT2D eigenvalue weighted by Gasteiger charge is 2.42. The highest BCUT2D eigenvalue weighted by molar-refractivity contribution is 7.99. The van der Waals surface area contributed by atoms with Crippen LogP contribution in [0.1, 0.15) is 101 Å². The molecule has 4 N–H and O–H groups in total. The molecule has 72 heavy (non-hydrogen) atoms. The maximum absolute atomic E-state index is 14.7. The number of methoxy groups -OCH3 is 1. The molecule has 410 valence electrons. The summed E-state index contributed by atoms with van der Waals surface area (Å²) in [6, 6.07) is -13.4. The third kappa shape index (κ3) is 17.9. The van der Waals surface area contributed by atoms with E-state index in [1.165, 1.54) is 63.6 Å².